The van der Waals surface area contributed by atoms with Crippen LogP contribution in [0, 0.1) is 5.92 Å². The number of thiophene rings is 1. The summed E-state index contributed by atoms with van der Waals surface area (Å²) in [5.74, 6) is -1.76. The summed E-state index contributed by atoms with van der Waals surface area (Å²) in [6.07, 6.45) is 4.21. The standard InChI is InChI=1S/C11H12ClNO4S2/c12-10-9(5-6-18-10)19(16,17)13-8-4-2-1-3-7(8)11(14)15/h1-2,5-8,13H,3-4H2,(H,14,15)/t7-,8+/m1/s1. The molecule has 19 heavy (non-hydrogen) atoms. The van der Waals surface area contributed by atoms with E-state index in [1.807, 2.05) is 0 Å². The molecule has 0 aromatic carbocycles. The van der Waals surface area contributed by atoms with Crippen molar-refractivity contribution in [1.82, 2.24) is 4.72 Å². The van der Waals surface area contributed by atoms with E-state index in [1.54, 1.807) is 17.5 Å². The fraction of sp³-hybridized carbons (Fsp3) is 0.364. The number of carboxylic acid groups (broad SMARTS) is 1. The molecule has 0 bridgehead atoms. The van der Waals surface area contributed by atoms with Crippen LogP contribution in [0.5, 0.6) is 0 Å². The Morgan fingerprint density at radius 2 is 2.11 bits per heavy atom. The smallest absolute Gasteiger partial charge is 0.308 e. The zero-order valence-electron chi connectivity index (χ0n) is 9.74. The first-order valence-corrected chi connectivity index (χ1v) is 8.29. The SMILES string of the molecule is O=C(O)[C@@H]1CC=CC[C@@H]1NS(=O)(=O)c1ccsc1Cl. The Morgan fingerprint density at radius 3 is 2.68 bits per heavy atom. The van der Waals surface area contributed by atoms with Crippen molar-refractivity contribution in [3.63, 3.8) is 0 Å². The average Bonchev–Trinajstić information content (AvgIpc) is 2.76. The number of sulfonamides is 1. The van der Waals surface area contributed by atoms with E-state index >= 15 is 0 Å². The molecular weight excluding hydrogens is 310 g/mol. The highest BCUT2D eigenvalue weighted by atomic mass is 35.5. The number of aliphatic carboxylic acids is 1. The molecule has 0 spiro atoms. The third-order valence-electron chi connectivity index (χ3n) is 2.93. The molecule has 1 aliphatic rings. The lowest BCUT2D eigenvalue weighted by Crippen LogP contribution is -2.43. The molecule has 2 N–H and O–H groups in total. The van der Waals surface area contributed by atoms with Crippen LogP contribution in [0.2, 0.25) is 4.34 Å². The maximum absolute atomic E-state index is 12.1. The first kappa shape index (κ1) is 14.5. The van der Waals surface area contributed by atoms with Crippen LogP contribution in [-0.2, 0) is 14.8 Å². The number of hydrogen-bond acceptors (Lipinski definition) is 4. The first-order valence-electron chi connectivity index (χ1n) is 5.55. The number of nitrogens with one attached hydrogen (secondary N) is 1. The van der Waals surface area contributed by atoms with E-state index < -0.39 is 28.0 Å². The molecule has 0 amide bonds. The lowest BCUT2D eigenvalue weighted by atomic mass is 9.90. The van der Waals surface area contributed by atoms with Gasteiger partial charge in [0.15, 0.2) is 0 Å². The monoisotopic (exact) mass is 321 g/mol. The van der Waals surface area contributed by atoms with E-state index in [2.05, 4.69) is 4.72 Å². The molecule has 0 fully saturated rings. The molecule has 2 rings (SSSR count). The van der Waals surface area contributed by atoms with E-state index in [0.717, 1.165) is 11.3 Å². The number of halogens is 1. The van der Waals surface area contributed by atoms with Gasteiger partial charge < -0.3 is 5.11 Å². The van der Waals surface area contributed by atoms with Gasteiger partial charge in [0.1, 0.15) is 9.23 Å². The molecule has 8 heteroatoms. The van der Waals surface area contributed by atoms with Gasteiger partial charge in [-0.1, -0.05) is 23.8 Å². The normalized spacial score (nSPS) is 23.4. The van der Waals surface area contributed by atoms with Crippen molar-refractivity contribution in [3.05, 3.63) is 27.9 Å². The summed E-state index contributed by atoms with van der Waals surface area (Å²) in [6, 6.07) is 0.757. The largest absolute Gasteiger partial charge is 0.481 e. The van der Waals surface area contributed by atoms with Crippen LogP contribution in [-0.4, -0.2) is 25.5 Å². The lowest BCUT2D eigenvalue weighted by Gasteiger charge is -2.25. The number of carbonyl (C=O) groups is 1. The van der Waals surface area contributed by atoms with Gasteiger partial charge in [-0.2, -0.15) is 0 Å². The molecular formula is C11H12ClNO4S2. The highest BCUT2D eigenvalue weighted by Gasteiger charge is 2.33. The van der Waals surface area contributed by atoms with Crippen molar-refractivity contribution in [2.24, 2.45) is 5.92 Å². The Balaban J connectivity index is 2.22. The molecule has 0 saturated heterocycles. The van der Waals surface area contributed by atoms with E-state index in [-0.39, 0.29) is 9.23 Å². The van der Waals surface area contributed by atoms with Gasteiger partial charge in [0.2, 0.25) is 10.0 Å². The maximum Gasteiger partial charge on any atom is 0.308 e. The number of hydrogen-bond donors (Lipinski definition) is 2. The van der Waals surface area contributed by atoms with Gasteiger partial charge in [-0.15, -0.1) is 11.3 Å². The van der Waals surface area contributed by atoms with E-state index in [0.29, 0.717) is 12.8 Å². The minimum Gasteiger partial charge on any atom is -0.481 e. The Kier molecular flexibility index (Phi) is 4.29. The molecule has 2 atom stereocenters. The van der Waals surface area contributed by atoms with Crippen molar-refractivity contribution in [1.29, 1.82) is 0 Å². The molecule has 0 aliphatic heterocycles. The fourth-order valence-electron chi connectivity index (χ4n) is 1.95. The topological polar surface area (TPSA) is 83.5 Å². The third kappa shape index (κ3) is 3.17. The second-order valence-electron chi connectivity index (χ2n) is 4.17. The molecule has 0 saturated carbocycles. The lowest BCUT2D eigenvalue weighted by molar-refractivity contribution is -0.142. The Hall–Kier alpha value is -0.890. The van der Waals surface area contributed by atoms with Crippen LogP contribution in [0.1, 0.15) is 12.8 Å². The molecule has 1 heterocycles. The maximum atomic E-state index is 12.1. The molecule has 0 unspecified atom stereocenters. The fourth-order valence-corrected chi connectivity index (χ4v) is 4.79. The summed E-state index contributed by atoms with van der Waals surface area (Å²) in [4.78, 5) is 11.1. The highest BCUT2D eigenvalue weighted by molar-refractivity contribution is 7.89. The summed E-state index contributed by atoms with van der Waals surface area (Å²) < 4.78 is 26.9. The van der Waals surface area contributed by atoms with Gasteiger partial charge in [0, 0.05) is 6.04 Å². The minimum atomic E-state index is -3.78. The van der Waals surface area contributed by atoms with E-state index in [4.69, 9.17) is 16.7 Å². The number of allylic oxidation sites excluding steroid dienone is 1. The van der Waals surface area contributed by atoms with E-state index in [9.17, 15) is 13.2 Å². The predicted octanol–water partition coefficient (Wildman–Crippen LogP) is 2.10. The minimum absolute atomic E-state index is 0.00198. The zero-order valence-corrected chi connectivity index (χ0v) is 12.1. The van der Waals surface area contributed by atoms with Crippen LogP contribution in [0.15, 0.2) is 28.5 Å². The van der Waals surface area contributed by atoms with Crippen LogP contribution in [0.25, 0.3) is 0 Å². The zero-order chi connectivity index (χ0) is 14.0. The van der Waals surface area contributed by atoms with Gasteiger partial charge in [0.05, 0.1) is 5.92 Å². The van der Waals surface area contributed by atoms with Gasteiger partial charge >= 0.3 is 5.97 Å². The summed E-state index contributed by atoms with van der Waals surface area (Å²) >= 11 is 6.93. The quantitative estimate of drug-likeness (QED) is 0.832. The second-order valence-corrected chi connectivity index (χ2v) is 7.37. The summed E-state index contributed by atoms with van der Waals surface area (Å²) in [7, 11) is -3.78. The van der Waals surface area contributed by atoms with E-state index in [1.165, 1.54) is 6.07 Å². The Morgan fingerprint density at radius 1 is 1.42 bits per heavy atom. The molecule has 1 aliphatic carbocycles. The molecule has 104 valence electrons. The average molecular weight is 322 g/mol. The van der Waals surface area contributed by atoms with Crippen molar-refractivity contribution in [2.75, 3.05) is 0 Å². The van der Waals surface area contributed by atoms with Gasteiger partial charge in [-0.3, -0.25) is 4.79 Å². The van der Waals surface area contributed by atoms with Crippen LogP contribution >= 0.6 is 22.9 Å². The molecule has 1 aromatic rings. The van der Waals surface area contributed by atoms with Gasteiger partial charge in [-0.05, 0) is 24.3 Å². The molecule has 0 radical (unpaired) electrons. The van der Waals surface area contributed by atoms with Crippen molar-refractivity contribution >= 4 is 38.9 Å². The Labute approximate surface area is 120 Å². The van der Waals surface area contributed by atoms with Crippen LogP contribution in [0.3, 0.4) is 0 Å². The first-order chi connectivity index (χ1) is 8.92. The number of rotatable bonds is 4. The summed E-state index contributed by atoms with van der Waals surface area (Å²) in [5, 5.41) is 10.7. The summed E-state index contributed by atoms with van der Waals surface area (Å²) in [6.45, 7) is 0. The van der Waals surface area contributed by atoms with Crippen molar-refractivity contribution < 1.29 is 18.3 Å². The van der Waals surface area contributed by atoms with Crippen LogP contribution in [0.4, 0.5) is 0 Å². The van der Waals surface area contributed by atoms with Gasteiger partial charge in [-0.25, -0.2) is 13.1 Å². The van der Waals surface area contributed by atoms with Crippen molar-refractivity contribution in [3.8, 4) is 0 Å². The molecule has 5 nitrogen and oxygen atoms in total. The molecule has 1 aromatic heterocycles. The number of carboxylic acids is 1. The predicted molar refractivity (Wildman–Crippen MR) is 72.9 cm³/mol. The van der Waals surface area contributed by atoms with Gasteiger partial charge in [0.25, 0.3) is 0 Å². The third-order valence-corrected chi connectivity index (χ3v) is 5.87. The Bertz CT molecular complexity index is 608. The van der Waals surface area contributed by atoms with Crippen LogP contribution < -0.4 is 4.72 Å². The van der Waals surface area contributed by atoms with Crippen molar-refractivity contribution in [2.45, 2.75) is 23.8 Å². The highest BCUT2D eigenvalue weighted by Crippen LogP contribution is 2.28. The summed E-state index contributed by atoms with van der Waals surface area (Å²) in [5.41, 5.74) is 0. The second kappa shape index (κ2) is 5.62.